The molecule has 1 aromatic heterocycles. The molecule has 0 aliphatic heterocycles. The fraction of sp³-hybridized carbons (Fsp3) is 0.467. The zero-order chi connectivity index (χ0) is 12.8. The van der Waals surface area contributed by atoms with Crippen LogP contribution >= 0.6 is 0 Å². The van der Waals surface area contributed by atoms with Crippen LogP contribution in [0.1, 0.15) is 37.5 Å². The SMILES string of the molecule is Nc1cccc(-c2noc(C3C4CCCCC43)n2)c1. The largest absolute Gasteiger partial charge is 0.399 e. The molecule has 4 nitrogen and oxygen atoms in total. The summed E-state index contributed by atoms with van der Waals surface area (Å²) in [6.07, 6.45) is 5.36. The Balaban J connectivity index is 1.60. The Labute approximate surface area is 112 Å². The van der Waals surface area contributed by atoms with Gasteiger partial charge in [-0.25, -0.2) is 0 Å². The van der Waals surface area contributed by atoms with Crippen molar-refractivity contribution in [3.05, 3.63) is 30.2 Å². The summed E-state index contributed by atoms with van der Waals surface area (Å²) in [7, 11) is 0. The maximum Gasteiger partial charge on any atom is 0.230 e. The molecule has 98 valence electrons. The second-order valence-electron chi connectivity index (χ2n) is 5.72. The first-order valence-corrected chi connectivity index (χ1v) is 7.02. The number of hydrogen-bond donors (Lipinski definition) is 1. The van der Waals surface area contributed by atoms with E-state index in [0.717, 1.165) is 29.0 Å². The number of nitrogens with two attached hydrogens (primary N) is 1. The summed E-state index contributed by atoms with van der Waals surface area (Å²) >= 11 is 0. The molecule has 2 saturated carbocycles. The summed E-state index contributed by atoms with van der Waals surface area (Å²) in [6, 6.07) is 7.62. The summed E-state index contributed by atoms with van der Waals surface area (Å²) in [4.78, 5) is 4.57. The Kier molecular flexibility index (Phi) is 2.37. The van der Waals surface area contributed by atoms with E-state index >= 15 is 0 Å². The van der Waals surface area contributed by atoms with E-state index in [1.165, 1.54) is 25.7 Å². The average molecular weight is 255 g/mol. The minimum Gasteiger partial charge on any atom is -0.399 e. The summed E-state index contributed by atoms with van der Waals surface area (Å²) in [5.41, 5.74) is 7.44. The fourth-order valence-corrected chi connectivity index (χ4v) is 3.52. The molecule has 4 heteroatoms. The van der Waals surface area contributed by atoms with Crippen LogP contribution in [0.25, 0.3) is 11.4 Å². The quantitative estimate of drug-likeness (QED) is 0.837. The van der Waals surface area contributed by atoms with Gasteiger partial charge in [-0.3, -0.25) is 0 Å². The highest BCUT2D eigenvalue weighted by atomic mass is 16.5. The minimum atomic E-state index is 0.518. The number of anilines is 1. The third-order valence-electron chi connectivity index (χ3n) is 4.53. The second kappa shape index (κ2) is 4.08. The lowest BCUT2D eigenvalue weighted by molar-refractivity contribution is 0.373. The molecule has 0 bridgehead atoms. The van der Waals surface area contributed by atoms with E-state index in [9.17, 15) is 0 Å². The predicted octanol–water partition coefficient (Wildman–Crippen LogP) is 3.22. The van der Waals surface area contributed by atoms with Crippen LogP contribution in [0.4, 0.5) is 5.69 Å². The zero-order valence-electron chi connectivity index (χ0n) is 10.7. The molecule has 2 atom stereocenters. The van der Waals surface area contributed by atoms with Gasteiger partial charge in [-0.05, 0) is 36.8 Å². The molecule has 0 amide bonds. The predicted molar refractivity (Wildman–Crippen MR) is 72.3 cm³/mol. The van der Waals surface area contributed by atoms with Crippen molar-refractivity contribution in [3.8, 4) is 11.4 Å². The number of rotatable bonds is 2. The van der Waals surface area contributed by atoms with Crippen LogP contribution in [0.15, 0.2) is 28.8 Å². The van der Waals surface area contributed by atoms with Gasteiger partial charge < -0.3 is 10.3 Å². The van der Waals surface area contributed by atoms with Gasteiger partial charge in [0.1, 0.15) is 0 Å². The number of benzene rings is 1. The van der Waals surface area contributed by atoms with Crippen molar-refractivity contribution in [2.45, 2.75) is 31.6 Å². The maximum atomic E-state index is 5.78. The maximum absolute atomic E-state index is 5.78. The van der Waals surface area contributed by atoms with Crippen molar-refractivity contribution in [2.24, 2.45) is 11.8 Å². The van der Waals surface area contributed by atoms with Crippen LogP contribution in [0.3, 0.4) is 0 Å². The summed E-state index contributed by atoms with van der Waals surface area (Å²) in [6.45, 7) is 0. The van der Waals surface area contributed by atoms with Crippen LogP contribution in [-0.4, -0.2) is 10.1 Å². The number of nitrogens with zero attached hydrogens (tertiary/aromatic N) is 2. The molecule has 0 saturated heterocycles. The van der Waals surface area contributed by atoms with E-state index in [1.807, 2.05) is 24.3 Å². The molecule has 2 aliphatic rings. The van der Waals surface area contributed by atoms with Gasteiger partial charge >= 0.3 is 0 Å². The van der Waals surface area contributed by atoms with Crippen LogP contribution in [0.2, 0.25) is 0 Å². The third kappa shape index (κ3) is 1.82. The first kappa shape index (κ1) is 11.0. The second-order valence-corrected chi connectivity index (χ2v) is 5.72. The van der Waals surface area contributed by atoms with Crippen molar-refractivity contribution < 1.29 is 4.52 Å². The van der Waals surface area contributed by atoms with E-state index in [2.05, 4.69) is 10.1 Å². The normalized spacial score (nSPS) is 28.9. The molecular formula is C15H17N3O. The van der Waals surface area contributed by atoms with Gasteiger partial charge in [-0.15, -0.1) is 0 Å². The monoisotopic (exact) mass is 255 g/mol. The van der Waals surface area contributed by atoms with Crippen molar-refractivity contribution in [1.82, 2.24) is 10.1 Å². The number of hydrogen-bond acceptors (Lipinski definition) is 4. The summed E-state index contributed by atoms with van der Waals surface area (Å²) < 4.78 is 5.47. The first-order chi connectivity index (χ1) is 9.33. The molecule has 2 aliphatic carbocycles. The summed E-state index contributed by atoms with van der Waals surface area (Å²) in [5, 5.41) is 4.11. The Morgan fingerprint density at radius 2 is 1.95 bits per heavy atom. The zero-order valence-corrected chi connectivity index (χ0v) is 10.7. The lowest BCUT2D eigenvalue weighted by atomic mass is 10.0. The lowest BCUT2D eigenvalue weighted by Gasteiger charge is -2.04. The van der Waals surface area contributed by atoms with E-state index in [1.54, 1.807) is 0 Å². The highest BCUT2D eigenvalue weighted by molar-refractivity contribution is 5.60. The van der Waals surface area contributed by atoms with E-state index in [-0.39, 0.29) is 0 Å². The molecule has 0 spiro atoms. The molecule has 2 fully saturated rings. The van der Waals surface area contributed by atoms with Gasteiger partial charge in [0.05, 0.1) is 0 Å². The van der Waals surface area contributed by atoms with Crippen LogP contribution in [0.5, 0.6) is 0 Å². The van der Waals surface area contributed by atoms with Gasteiger partial charge in [0, 0.05) is 17.2 Å². The number of nitrogen functional groups attached to an aromatic ring is 1. The van der Waals surface area contributed by atoms with Crippen molar-refractivity contribution in [1.29, 1.82) is 0 Å². The molecular weight excluding hydrogens is 238 g/mol. The van der Waals surface area contributed by atoms with E-state index in [4.69, 9.17) is 10.3 Å². The van der Waals surface area contributed by atoms with E-state index in [0.29, 0.717) is 11.7 Å². The highest BCUT2D eigenvalue weighted by Gasteiger charge is 2.54. The molecule has 0 radical (unpaired) electrons. The number of aromatic nitrogens is 2. The molecule has 4 rings (SSSR count). The van der Waals surface area contributed by atoms with Gasteiger partial charge in [0.2, 0.25) is 11.7 Å². The number of fused-ring (bicyclic) bond motifs is 1. The van der Waals surface area contributed by atoms with Crippen LogP contribution in [0, 0.1) is 11.8 Å². The molecule has 2 N–H and O–H groups in total. The minimum absolute atomic E-state index is 0.518. The van der Waals surface area contributed by atoms with Gasteiger partial charge in [-0.1, -0.05) is 30.1 Å². The highest BCUT2D eigenvalue weighted by Crippen LogP contribution is 2.60. The Bertz CT molecular complexity index is 595. The first-order valence-electron chi connectivity index (χ1n) is 7.02. The standard InChI is InChI=1S/C15H17N3O/c16-10-5-3-4-9(8-10)14-17-15(19-18-14)13-11-6-1-2-7-12(11)13/h3-5,8,11-13H,1-2,6-7,16H2. The Morgan fingerprint density at radius 1 is 1.16 bits per heavy atom. The van der Waals surface area contributed by atoms with Crippen LogP contribution < -0.4 is 5.73 Å². The van der Waals surface area contributed by atoms with Crippen molar-refractivity contribution in [2.75, 3.05) is 5.73 Å². The van der Waals surface area contributed by atoms with Gasteiger partial charge in [0.25, 0.3) is 0 Å². The van der Waals surface area contributed by atoms with Crippen molar-refractivity contribution >= 4 is 5.69 Å². The van der Waals surface area contributed by atoms with Gasteiger partial charge in [-0.2, -0.15) is 4.98 Å². The molecule has 2 unspecified atom stereocenters. The smallest absolute Gasteiger partial charge is 0.230 e. The topological polar surface area (TPSA) is 64.9 Å². The summed E-state index contributed by atoms with van der Waals surface area (Å²) in [5.74, 6) is 3.59. The molecule has 1 aromatic carbocycles. The molecule has 1 heterocycles. The molecule has 19 heavy (non-hydrogen) atoms. The fourth-order valence-electron chi connectivity index (χ4n) is 3.52. The van der Waals surface area contributed by atoms with Gasteiger partial charge in [0.15, 0.2) is 0 Å². The van der Waals surface area contributed by atoms with Crippen LogP contribution in [-0.2, 0) is 0 Å². The Hall–Kier alpha value is -1.84. The van der Waals surface area contributed by atoms with Crippen molar-refractivity contribution in [3.63, 3.8) is 0 Å². The molecule has 2 aromatic rings. The average Bonchev–Trinajstić information content (AvgIpc) is 2.96. The third-order valence-corrected chi connectivity index (χ3v) is 4.53. The Morgan fingerprint density at radius 3 is 2.68 bits per heavy atom. The lowest BCUT2D eigenvalue weighted by Crippen LogP contribution is -1.91. The van der Waals surface area contributed by atoms with E-state index < -0.39 is 0 Å².